The third-order valence-corrected chi connectivity index (χ3v) is 4.09. The lowest BCUT2D eigenvalue weighted by atomic mass is 9.82. The molecule has 1 N–H and O–H groups in total. The maximum Gasteiger partial charge on any atom is 0.124 e. The number of nitrogens with zero attached hydrogens (tertiary/aromatic N) is 1. The Bertz CT molecular complexity index is 704. The Morgan fingerprint density at radius 2 is 1.62 bits per heavy atom. The van der Waals surface area contributed by atoms with E-state index in [1.54, 1.807) is 6.26 Å². The summed E-state index contributed by atoms with van der Waals surface area (Å²) < 4.78 is 4.90. The molecule has 0 aliphatic heterocycles. The first-order valence-electron chi connectivity index (χ1n) is 7.20. The molecule has 3 heteroatoms. The van der Waals surface area contributed by atoms with Crippen LogP contribution in [0.15, 0.2) is 65.4 Å². The number of hydrogen-bond donors (Lipinski definition) is 1. The van der Waals surface area contributed by atoms with E-state index in [9.17, 15) is 0 Å². The first kappa shape index (κ1) is 12.4. The molecule has 21 heavy (non-hydrogen) atoms. The Kier molecular flexibility index (Phi) is 3.05. The monoisotopic (exact) mass is 276 g/mol. The van der Waals surface area contributed by atoms with Gasteiger partial charge in [0.2, 0.25) is 0 Å². The van der Waals surface area contributed by atoms with E-state index >= 15 is 0 Å². The highest BCUT2D eigenvalue weighted by atomic mass is 16.5. The molecule has 4 rings (SSSR count). The average molecular weight is 276 g/mol. The largest absolute Gasteiger partial charge is 0.364 e. The Morgan fingerprint density at radius 1 is 0.952 bits per heavy atom. The second kappa shape index (κ2) is 5.19. The first-order chi connectivity index (χ1) is 10.4. The van der Waals surface area contributed by atoms with Gasteiger partial charge in [0.25, 0.3) is 0 Å². The van der Waals surface area contributed by atoms with Gasteiger partial charge >= 0.3 is 0 Å². The van der Waals surface area contributed by atoms with Gasteiger partial charge in [-0.1, -0.05) is 53.7 Å². The fourth-order valence-electron chi connectivity index (χ4n) is 3.08. The van der Waals surface area contributed by atoms with Crippen LogP contribution in [-0.2, 0) is 13.0 Å². The second-order valence-electron chi connectivity index (χ2n) is 5.38. The van der Waals surface area contributed by atoms with Crippen molar-refractivity contribution >= 4 is 0 Å². The van der Waals surface area contributed by atoms with Crippen LogP contribution in [0.3, 0.4) is 0 Å². The van der Waals surface area contributed by atoms with E-state index in [4.69, 9.17) is 4.52 Å². The minimum Gasteiger partial charge on any atom is -0.364 e. The van der Waals surface area contributed by atoms with Gasteiger partial charge in [-0.25, -0.2) is 0 Å². The molecule has 0 spiro atoms. The normalized spacial score (nSPS) is 13.7. The molecule has 1 aromatic heterocycles. The van der Waals surface area contributed by atoms with Crippen molar-refractivity contribution in [1.29, 1.82) is 0 Å². The minimum atomic E-state index is 0.211. The number of fused-ring (bicyclic) bond motifs is 2. The minimum absolute atomic E-state index is 0.211. The molecule has 0 saturated heterocycles. The van der Waals surface area contributed by atoms with Crippen LogP contribution in [-0.4, -0.2) is 5.16 Å². The van der Waals surface area contributed by atoms with E-state index < -0.39 is 0 Å². The van der Waals surface area contributed by atoms with E-state index in [0.717, 1.165) is 12.1 Å². The van der Waals surface area contributed by atoms with Crippen LogP contribution in [0.5, 0.6) is 0 Å². The maximum absolute atomic E-state index is 4.90. The van der Waals surface area contributed by atoms with Crippen LogP contribution in [0.4, 0.5) is 0 Å². The Labute approximate surface area is 123 Å². The SMILES string of the molecule is c1ccc2c(c1)Cc1ccccc1C2NCc1ccon1. The van der Waals surface area contributed by atoms with E-state index in [1.807, 2.05) is 6.07 Å². The topological polar surface area (TPSA) is 38.1 Å². The molecule has 0 atom stereocenters. The molecule has 0 fully saturated rings. The molecular weight excluding hydrogens is 260 g/mol. The Morgan fingerprint density at radius 3 is 2.24 bits per heavy atom. The second-order valence-corrected chi connectivity index (χ2v) is 5.38. The van der Waals surface area contributed by atoms with Gasteiger partial charge in [-0.15, -0.1) is 0 Å². The Balaban J connectivity index is 1.71. The maximum atomic E-state index is 4.90. The smallest absolute Gasteiger partial charge is 0.124 e. The van der Waals surface area contributed by atoms with Crippen LogP contribution < -0.4 is 5.32 Å². The number of benzene rings is 2. The van der Waals surface area contributed by atoms with Gasteiger partial charge in [0, 0.05) is 12.6 Å². The van der Waals surface area contributed by atoms with Crippen molar-refractivity contribution in [3.05, 3.63) is 88.8 Å². The zero-order chi connectivity index (χ0) is 14.1. The highest BCUT2D eigenvalue weighted by Gasteiger charge is 2.24. The molecule has 0 radical (unpaired) electrons. The summed E-state index contributed by atoms with van der Waals surface area (Å²) >= 11 is 0. The molecule has 0 amide bonds. The summed E-state index contributed by atoms with van der Waals surface area (Å²) in [6.45, 7) is 0.698. The van der Waals surface area contributed by atoms with Gasteiger partial charge in [-0.05, 0) is 28.7 Å². The van der Waals surface area contributed by atoms with Crippen LogP contribution >= 0.6 is 0 Å². The van der Waals surface area contributed by atoms with Crippen LogP contribution in [0.25, 0.3) is 0 Å². The molecule has 0 bridgehead atoms. The van der Waals surface area contributed by atoms with Crippen LogP contribution in [0.2, 0.25) is 0 Å². The molecule has 1 heterocycles. The summed E-state index contributed by atoms with van der Waals surface area (Å²) in [5.74, 6) is 0. The molecule has 104 valence electrons. The van der Waals surface area contributed by atoms with Crippen molar-refractivity contribution < 1.29 is 4.52 Å². The predicted molar refractivity (Wildman–Crippen MR) is 80.9 cm³/mol. The molecular formula is C18H16N2O. The van der Waals surface area contributed by atoms with Crippen molar-refractivity contribution in [2.24, 2.45) is 0 Å². The highest BCUT2D eigenvalue weighted by molar-refractivity contribution is 5.48. The molecule has 1 aliphatic carbocycles. The number of nitrogens with one attached hydrogen (secondary N) is 1. The average Bonchev–Trinajstić information content (AvgIpc) is 3.05. The number of aromatic nitrogens is 1. The third-order valence-electron chi connectivity index (χ3n) is 4.09. The fraction of sp³-hybridized carbons (Fsp3) is 0.167. The quantitative estimate of drug-likeness (QED) is 0.796. The summed E-state index contributed by atoms with van der Waals surface area (Å²) in [5.41, 5.74) is 6.44. The summed E-state index contributed by atoms with van der Waals surface area (Å²) in [5, 5.41) is 7.59. The van der Waals surface area contributed by atoms with Gasteiger partial charge in [-0.2, -0.15) is 0 Å². The Hall–Kier alpha value is -2.39. The fourth-order valence-corrected chi connectivity index (χ4v) is 3.08. The van der Waals surface area contributed by atoms with Gasteiger partial charge in [-0.3, -0.25) is 0 Å². The summed E-state index contributed by atoms with van der Waals surface area (Å²) in [6, 6.07) is 19.4. The van der Waals surface area contributed by atoms with E-state index in [-0.39, 0.29) is 6.04 Å². The van der Waals surface area contributed by atoms with Gasteiger partial charge < -0.3 is 9.84 Å². The van der Waals surface area contributed by atoms with Crippen molar-refractivity contribution in [1.82, 2.24) is 10.5 Å². The lowest BCUT2D eigenvalue weighted by Crippen LogP contribution is -2.27. The van der Waals surface area contributed by atoms with Crippen LogP contribution in [0.1, 0.15) is 34.0 Å². The van der Waals surface area contributed by atoms with Gasteiger partial charge in [0.05, 0.1) is 11.7 Å². The first-order valence-corrected chi connectivity index (χ1v) is 7.20. The summed E-state index contributed by atoms with van der Waals surface area (Å²) in [6.07, 6.45) is 2.62. The lowest BCUT2D eigenvalue weighted by Gasteiger charge is -2.29. The molecule has 3 aromatic rings. The zero-order valence-corrected chi connectivity index (χ0v) is 11.6. The van der Waals surface area contributed by atoms with Crippen molar-refractivity contribution in [3.8, 4) is 0 Å². The molecule has 0 saturated carbocycles. The van der Waals surface area contributed by atoms with Gasteiger partial charge in [0.15, 0.2) is 0 Å². The van der Waals surface area contributed by atoms with Crippen molar-refractivity contribution in [3.63, 3.8) is 0 Å². The lowest BCUT2D eigenvalue weighted by molar-refractivity contribution is 0.406. The van der Waals surface area contributed by atoms with Crippen molar-refractivity contribution in [2.75, 3.05) is 0 Å². The third kappa shape index (κ3) is 2.26. The molecule has 0 unspecified atom stereocenters. The predicted octanol–water partition coefficient (Wildman–Crippen LogP) is 3.46. The van der Waals surface area contributed by atoms with Gasteiger partial charge in [0.1, 0.15) is 6.26 Å². The highest BCUT2D eigenvalue weighted by Crippen LogP contribution is 2.34. The number of rotatable bonds is 3. The van der Waals surface area contributed by atoms with E-state index in [1.165, 1.54) is 22.3 Å². The molecule has 1 aliphatic rings. The molecule has 2 aromatic carbocycles. The van der Waals surface area contributed by atoms with Crippen LogP contribution in [0, 0.1) is 0 Å². The van der Waals surface area contributed by atoms with Crippen molar-refractivity contribution in [2.45, 2.75) is 19.0 Å². The standard InChI is InChI=1S/C18H16N2O/c1-3-7-16-13(5-1)11-14-6-2-4-8-17(14)18(16)19-12-15-9-10-21-20-15/h1-10,18-19H,11-12H2. The molecule has 3 nitrogen and oxygen atoms in total. The number of hydrogen-bond acceptors (Lipinski definition) is 3. The summed E-state index contributed by atoms with van der Waals surface area (Å²) in [4.78, 5) is 0. The summed E-state index contributed by atoms with van der Waals surface area (Å²) in [7, 11) is 0. The zero-order valence-electron chi connectivity index (χ0n) is 11.6. The van der Waals surface area contributed by atoms with E-state index in [0.29, 0.717) is 6.54 Å². The van der Waals surface area contributed by atoms with E-state index in [2.05, 4.69) is 59.0 Å².